The summed E-state index contributed by atoms with van der Waals surface area (Å²) in [5.74, 6) is -0.324. The number of fused-ring (bicyclic) bond motifs is 1. The van der Waals surface area contributed by atoms with Gasteiger partial charge < -0.3 is 5.32 Å². The molecule has 0 saturated carbocycles. The molecule has 8 heteroatoms. The number of carbonyl (C=O) groups is 1. The summed E-state index contributed by atoms with van der Waals surface area (Å²) < 4.78 is 29.0. The lowest BCUT2D eigenvalue weighted by atomic mass is 10.1. The zero-order valence-electron chi connectivity index (χ0n) is 16.6. The molecule has 0 unspecified atom stereocenters. The Morgan fingerprint density at radius 2 is 1.84 bits per heavy atom. The normalized spacial score (nSPS) is 11.3. The molecule has 1 N–H and O–H groups in total. The van der Waals surface area contributed by atoms with E-state index in [0.29, 0.717) is 22.0 Å². The van der Waals surface area contributed by atoms with E-state index in [1.807, 2.05) is 36.4 Å². The van der Waals surface area contributed by atoms with E-state index in [2.05, 4.69) is 15.4 Å². The number of carbonyl (C=O) groups excluding carboxylic acids is 1. The van der Waals surface area contributed by atoms with Crippen LogP contribution in [0.3, 0.4) is 0 Å². The first-order chi connectivity index (χ1) is 14.9. The highest BCUT2D eigenvalue weighted by Gasteiger charge is 2.22. The maximum atomic E-state index is 13.8. The highest BCUT2D eigenvalue weighted by molar-refractivity contribution is 6.31. The van der Waals surface area contributed by atoms with Gasteiger partial charge in [-0.05, 0) is 24.6 Å². The zero-order chi connectivity index (χ0) is 22.0. The minimum absolute atomic E-state index is 0.149. The van der Waals surface area contributed by atoms with Gasteiger partial charge in [-0.25, -0.2) is 18.4 Å². The molecule has 4 aromatic rings. The molecule has 5 nitrogen and oxygen atoms in total. The Kier molecular flexibility index (Phi) is 5.95. The number of rotatable bonds is 6. The van der Waals surface area contributed by atoms with E-state index < -0.39 is 6.43 Å². The van der Waals surface area contributed by atoms with Crippen LogP contribution in [0.2, 0.25) is 5.02 Å². The molecule has 0 radical (unpaired) electrons. The summed E-state index contributed by atoms with van der Waals surface area (Å²) in [4.78, 5) is 17.1. The van der Waals surface area contributed by atoms with Crippen molar-refractivity contribution in [2.75, 3.05) is 0 Å². The highest BCUT2D eigenvalue weighted by atomic mass is 35.5. The molecule has 2 aromatic heterocycles. The lowest BCUT2D eigenvalue weighted by Crippen LogP contribution is -2.27. The maximum Gasteiger partial charge on any atom is 0.264 e. The molecule has 2 aromatic carbocycles. The van der Waals surface area contributed by atoms with Crippen LogP contribution in [0.5, 0.6) is 0 Å². The molecule has 0 spiro atoms. The van der Waals surface area contributed by atoms with Crippen molar-refractivity contribution in [1.29, 1.82) is 0 Å². The van der Waals surface area contributed by atoms with E-state index in [4.69, 9.17) is 11.6 Å². The van der Waals surface area contributed by atoms with Crippen LogP contribution in [0.1, 0.15) is 23.2 Å². The molecule has 2 heterocycles. The Hall–Kier alpha value is -3.32. The molecule has 0 aliphatic carbocycles. The summed E-state index contributed by atoms with van der Waals surface area (Å²) in [6.45, 7) is 1.74. The molecule has 0 aliphatic heterocycles. The van der Waals surface area contributed by atoms with Crippen molar-refractivity contribution in [3.05, 3.63) is 82.5 Å². The van der Waals surface area contributed by atoms with Crippen molar-refractivity contribution >= 4 is 28.5 Å². The van der Waals surface area contributed by atoms with Crippen LogP contribution in [0.25, 0.3) is 22.3 Å². The minimum Gasteiger partial charge on any atom is -0.350 e. The van der Waals surface area contributed by atoms with Gasteiger partial charge in [0.2, 0.25) is 5.91 Å². The third kappa shape index (κ3) is 4.41. The number of benzene rings is 2. The van der Waals surface area contributed by atoms with Crippen LogP contribution in [0.4, 0.5) is 8.78 Å². The minimum atomic E-state index is -2.70. The van der Waals surface area contributed by atoms with Gasteiger partial charge in [-0.2, -0.15) is 5.10 Å². The Balaban J connectivity index is 1.67. The fraction of sp³-hybridized carbons (Fsp3) is 0.174. The Labute approximate surface area is 182 Å². The number of nitrogens with zero attached hydrogens (tertiary/aromatic N) is 3. The number of alkyl halides is 2. The number of aryl methyl sites for hydroxylation is 1. The van der Waals surface area contributed by atoms with E-state index in [9.17, 15) is 13.6 Å². The summed E-state index contributed by atoms with van der Waals surface area (Å²) in [7, 11) is 0. The Morgan fingerprint density at radius 1 is 1.13 bits per heavy atom. The number of aromatic nitrogens is 3. The third-order valence-corrected chi connectivity index (χ3v) is 5.31. The quantitative estimate of drug-likeness (QED) is 0.441. The lowest BCUT2D eigenvalue weighted by Gasteiger charge is -2.10. The average Bonchev–Trinajstić information content (AvgIpc) is 3.08. The molecular weight excluding hydrogens is 422 g/mol. The second kappa shape index (κ2) is 8.81. The maximum absolute atomic E-state index is 13.8. The molecule has 1 amide bonds. The van der Waals surface area contributed by atoms with Gasteiger partial charge in [0, 0.05) is 22.7 Å². The van der Waals surface area contributed by atoms with Crippen molar-refractivity contribution in [3.63, 3.8) is 0 Å². The standard InChI is InChI=1S/C23H19ClF2N4O/c1-14-21-17(22(25)26)11-19(15-7-3-2-4-8-15)28-23(21)30(29-14)13-20(31)27-12-16-9-5-6-10-18(16)24/h2-11,22H,12-13H2,1H3,(H,27,31). The van der Waals surface area contributed by atoms with Crippen molar-refractivity contribution < 1.29 is 13.6 Å². The number of pyridine rings is 1. The number of halogens is 3. The smallest absolute Gasteiger partial charge is 0.264 e. The van der Waals surface area contributed by atoms with Crippen LogP contribution in [-0.2, 0) is 17.9 Å². The molecule has 0 fully saturated rings. The highest BCUT2D eigenvalue weighted by Crippen LogP contribution is 2.33. The van der Waals surface area contributed by atoms with Gasteiger partial charge in [0.1, 0.15) is 6.54 Å². The molecular formula is C23H19ClF2N4O. The number of amides is 1. The van der Waals surface area contributed by atoms with Crippen LogP contribution >= 0.6 is 11.6 Å². The van der Waals surface area contributed by atoms with Gasteiger partial charge in [-0.15, -0.1) is 0 Å². The van der Waals surface area contributed by atoms with Crippen molar-refractivity contribution in [3.8, 4) is 11.3 Å². The van der Waals surface area contributed by atoms with Gasteiger partial charge in [0.05, 0.1) is 16.8 Å². The molecule has 0 aliphatic rings. The summed E-state index contributed by atoms with van der Waals surface area (Å²) in [6, 6.07) is 17.7. The van der Waals surface area contributed by atoms with Gasteiger partial charge >= 0.3 is 0 Å². The van der Waals surface area contributed by atoms with E-state index in [0.717, 1.165) is 5.56 Å². The van der Waals surface area contributed by atoms with Crippen molar-refractivity contribution in [2.24, 2.45) is 0 Å². The summed E-state index contributed by atoms with van der Waals surface area (Å²) in [5, 5.41) is 7.93. The topological polar surface area (TPSA) is 59.8 Å². The van der Waals surface area contributed by atoms with E-state index in [-0.39, 0.29) is 35.6 Å². The molecule has 4 rings (SSSR count). The number of hydrogen-bond donors (Lipinski definition) is 1. The Bertz CT molecular complexity index is 1240. The van der Waals surface area contributed by atoms with Crippen molar-refractivity contribution in [2.45, 2.75) is 26.4 Å². The summed E-state index contributed by atoms with van der Waals surface area (Å²) in [6.07, 6.45) is -2.70. The van der Waals surface area contributed by atoms with Gasteiger partial charge in [-0.3, -0.25) is 4.79 Å². The van der Waals surface area contributed by atoms with Gasteiger partial charge in [-0.1, -0.05) is 60.1 Å². The van der Waals surface area contributed by atoms with Gasteiger partial charge in [0.25, 0.3) is 6.43 Å². The van der Waals surface area contributed by atoms with E-state index >= 15 is 0 Å². The zero-order valence-corrected chi connectivity index (χ0v) is 17.4. The molecule has 0 saturated heterocycles. The molecule has 0 bridgehead atoms. The fourth-order valence-corrected chi connectivity index (χ4v) is 3.66. The van der Waals surface area contributed by atoms with E-state index in [1.165, 1.54) is 10.7 Å². The molecule has 0 atom stereocenters. The number of hydrogen-bond acceptors (Lipinski definition) is 3. The van der Waals surface area contributed by atoms with Crippen LogP contribution < -0.4 is 5.32 Å². The monoisotopic (exact) mass is 440 g/mol. The summed E-state index contributed by atoms with van der Waals surface area (Å²) in [5.41, 5.74) is 2.40. The molecule has 31 heavy (non-hydrogen) atoms. The first kappa shape index (κ1) is 20.9. The van der Waals surface area contributed by atoms with Crippen molar-refractivity contribution in [1.82, 2.24) is 20.1 Å². The SMILES string of the molecule is Cc1nn(CC(=O)NCc2ccccc2Cl)c2nc(-c3ccccc3)cc(C(F)F)c12. The second-order valence-corrected chi connectivity index (χ2v) is 7.48. The lowest BCUT2D eigenvalue weighted by molar-refractivity contribution is -0.121. The van der Waals surface area contributed by atoms with Gasteiger partial charge in [0.15, 0.2) is 5.65 Å². The first-order valence-electron chi connectivity index (χ1n) is 9.65. The molecule has 158 valence electrons. The van der Waals surface area contributed by atoms with Crippen LogP contribution in [-0.4, -0.2) is 20.7 Å². The predicted molar refractivity (Wildman–Crippen MR) is 116 cm³/mol. The third-order valence-electron chi connectivity index (χ3n) is 4.94. The summed E-state index contributed by atoms with van der Waals surface area (Å²) >= 11 is 6.12. The predicted octanol–water partition coefficient (Wildman–Crippen LogP) is 5.31. The van der Waals surface area contributed by atoms with E-state index in [1.54, 1.807) is 25.1 Å². The Morgan fingerprint density at radius 3 is 2.55 bits per heavy atom. The first-order valence-corrected chi connectivity index (χ1v) is 10.0. The van der Waals surface area contributed by atoms with Crippen LogP contribution in [0.15, 0.2) is 60.7 Å². The largest absolute Gasteiger partial charge is 0.350 e. The van der Waals surface area contributed by atoms with Crippen LogP contribution in [0, 0.1) is 6.92 Å². The fourth-order valence-electron chi connectivity index (χ4n) is 3.45. The number of nitrogens with one attached hydrogen (secondary N) is 1. The second-order valence-electron chi connectivity index (χ2n) is 7.07. The average molecular weight is 441 g/mol.